The first-order valence-corrected chi connectivity index (χ1v) is 7.98. The van der Waals surface area contributed by atoms with Crippen molar-refractivity contribution < 1.29 is 0 Å². The molecule has 1 fully saturated rings. The van der Waals surface area contributed by atoms with Crippen molar-refractivity contribution >= 4 is 0 Å². The second kappa shape index (κ2) is 7.74. The van der Waals surface area contributed by atoms with Gasteiger partial charge in [0.05, 0.1) is 6.54 Å². The third kappa shape index (κ3) is 4.56. The molecule has 1 aromatic heterocycles. The van der Waals surface area contributed by atoms with Crippen LogP contribution in [-0.4, -0.2) is 45.8 Å². The number of aromatic nitrogens is 3. The Bertz CT molecular complexity index is 379. The van der Waals surface area contributed by atoms with Gasteiger partial charge in [-0.2, -0.15) is 5.10 Å². The van der Waals surface area contributed by atoms with Crippen LogP contribution >= 0.6 is 0 Å². The summed E-state index contributed by atoms with van der Waals surface area (Å²) in [5.41, 5.74) is 0. The fraction of sp³-hybridized carbons (Fsp3) is 0.867. The first-order valence-electron chi connectivity index (χ1n) is 7.98. The summed E-state index contributed by atoms with van der Waals surface area (Å²) >= 11 is 0. The van der Waals surface area contributed by atoms with Gasteiger partial charge in [0.2, 0.25) is 0 Å². The number of piperidine rings is 1. The Morgan fingerprint density at radius 2 is 2.10 bits per heavy atom. The van der Waals surface area contributed by atoms with Gasteiger partial charge in [-0.1, -0.05) is 20.8 Å². The molecule has 1 aliphatic heterocycles. The number of nitrogens with one attached hydrogen (secondary N) is 1. The van der Waals surface area contributed by atoms with Crippen molar-refractivity contribution in [2.45, 2.75) is 46.7 Å². The van der Waals surface area contributed by atoms with E-state index in [0.29, 0.717) is 5.92 Å². The van der Waals surface area contributed by atoms with Crippen LogP contribution < -0.4 is 5.32 Å². The summed E-state index contributed by atoms with van der Waals surface area (Å²) in [6.07, 6.45) is 4.28. The maximum atomic E-state index is 4.43. The van der Waals surface area contributed by atoms with Crippen molar-refractivity contribution in [2.24, 2.45) is 11.8 Å². The molecule has 2 heterocycles. The van der Waals surface area contributed by atoms with Crippen LogP contribution in [0.5, 0.6) is 0 Å². The van der Waals surface area contributed by atoms with Crippen LogP contribution in [0.4, 0.5) is 0 Å². The topological polar surface area (TPSA) is 46.0 Å². The molecule has 114 valence electrons. The molecule has 0 amide bonds. The number of rotatable bonds is 7. The van der Waals surface area contributed by atoms with Crippen molar-refractivity contribution in [2.75, 3.05) is 26.2 Å². The molecule has 1 saturated heterocycles. The van der Waals surface area contributed by atoms with Gasteiger partial charge in [-0.3, -0.25) is 4.90 Å². The van der Waals surface area contributed by atoms with E-state index >= 15 is 0 Å². The molecule has 0 radical (unpaired) electrons. The van der Waals surface area contributed by atoms with E-state index < -0.39 is 0 Å². The molecule has 2 rings (SSSR count). The highest BCUT2D eigenvalue weighted by molar-refractivity contribution is 4.86. The van der Waals surface area contributed by atoms with Crippen LogP contribution in [0.1, 0.15) is 39.4 Å². The van der Waals surface area contributed by atoms with E-state index in [-0.39, 0.29) is 0 Å². The van der Waals surface area contributed by atoms with Gasteiger partial charge in [0.25, 0.3) is 0 Å². The zero-order valence-corrected chi connectivity index (χ0v) is 13.2. The Morgan fingerprint density at radius 3 is 2.75 bits per heavy atom. The third-order valence-corrected chi connectivity index (χ3v) is 3.99. The minimum absolute atomic E-state index is 0.612. The number of nitrogens with zero attached hydrogens (tertiary/aromatic N) is 4. The zero-order chi connectivity index (χ0) is 14.4. The minimum Gasteiger partial charge on any atom is -0.317 e. The maximum Gasteiger partial charge on any atom is 0.141 e. The van der Waals surface area contributed by atoms with Crippen LogP contribution in [-0.2, 0) is 13.1 Å². The predicted molar refractivity (Wildman–Crippen MR) is 81.4 cm³/mol. The summed E-state index contributed by atoms with van der Waals surface area (Å²) in [6.45, 7) is 13.2. The average molecular weight is 279 g/mol. The second-order valence-corrected chi connectivity index (χ2v) is 6.28. The Hall–Kier alpha value is -0.940. The summed E-state index contributed by atoms with van der Waals surface area (Å²) < 4.78 is 2.06. The molecule has 20 heavy (non-hydrogen) atoms. The van der Waals surface area contributed by atoms with E-state index in [1.54, 1.807) is 6.33 Å². The van der Waals surface area contributed by atoms with Gasteiger partial charge in [-0.15, -0.1) is 0 Å². The molecule has 1 N–H and O–H groups in total. The standard InChI is InChI=1S/C15H29N5/c1-4-16-9-14-5-7-19(8-6-14)11-15-17-12-18-20(15)10-13(2)3/h12-14,16H,4-11H2,1-3H3. The SMILES string of the molecule is CCNCC1CCN(Cc2ncnn2CC(C)C)CC1. The summed E-state index contributed by atoms with van der Waals surface area (Å²) in [7, 11) is 0. The fourth-order valence-electron chi connectivity index (χ4n) is 2.81. The van der Waals surface area contributed by atoms with Gasteiger partial charge in [0.15, 0.2) is 0 Å². The van der Waals surface area contributed by atoms with Crippen LogP contribution in [0.3, 0.4) is 0 Å². The molecule has 1 aromatic rings. The van der Waals surface area contributed by atoms with Crippen molar-refractivity contribution in [1.82, 2.24) is 25.0 Å². The summed E-state index contributed by atoms with van der Waals surface area (Å²) in [6, 6.07) is 0. The highest BCUT2D eigenvalue weighted by Gasteiger charge is 2.20. The first-order chi connectivity index (χ1) is 9.69. The molecule has 0 spiro atoms. The Labute approximate surface area is 122 Å². The molecular weight excluding hydrogens is 250 g/mol. The largest absolute Gasteiger partial charge is 0.317 e. The Kier molecular flexibility index (Phi) is 5.98. The number of likely N-dealkylation sites (tertiary alicyclic amines) is 1. The van der Waals surface area contributed by atoms with Crippen LogP contribution in [0.15, 0.2) is 6.33 Å². The average Bonchev–Trinajstić information content (AvgIpc) is 2.84. The lowest BCUT2D eigenvalue weighted by atomic mass is 9.97. The highest BCUT2D eigenvalue weighted by atomic mass is 15.3. The van der Waals surface area contributed by atoms with Gasteiger partial charge < -0.3 is 5.32 Å². The van der Waals surface area contributed by atoms with Crippen LogP contribution in [0.2, 0.25) is 0 Å². The molecule has 0 saturated carbocycles. The quantitative estimate of drug-likeness (QED) is 0.826. The van der Waals surface area contributed by atoms with E-state index in [2.05, 4.69) is 45.8 Å². The summed E-state index contributed by atoms with van der Waals surface area (Å²) in [4.78, 5) is 6.95. The molecule has 0 bridgehead atoms. The Morgan fingerprint density at radius 1 is 1.35 bits per heavy atom. The highest BCUT2D eigenvalue weighted by Crippen LogP contribution is 2.18. The fourth-order valence-corrected chi connectivity index (χ4v) is 2.81. The molecule has 0 unspecified atom stereocenters. The van der Waals surface area contributed by atoms with E-state index in [0.717, 1.165) is 31.4 Å². The van der Waals surface area contributed by atoms with Gasteiger partial charge >= 0.3 is 0 Å². The van der Waals surface area contributed by atoms with Gasteiger partial charge in [-0.25, -0.2) is 9.67 Å². The summed E-state index contributed by atoms with van der Waals surface area (Å²) in [5, 5.41) is 7.81. The molecule has 1 aliphatic rings. The van der Waals surface area contributed by atoms with Gasteiger partial charge in [0.1, 0.15) is 12.2 Å². The molecule has 0 aromatic carbocycles. The van der Waals surface area contributed by atoms with E-state index in [9.17, 15) is 0 Å². The van der Waals surface area contributed by atoms with Crippen molar-refractivity contribution in [3.63, 3.8) is 0 Å². The molecule has 0 atom stereocenters. The third-order valence-electron chi connectivity index (χ3n) is 3.99. The molecule has 5 nitrogen and oxygen atoms in total. The van der Waals surface area contributed by atoms with Gasteiger partial charge in [0, 0.05) is 6.54 Å². The number of hydrogen-bond acceptors (Lipinski definition) is 4. The van der Waals surface area contributed by atoms with Gasteiger partial charge in [-0.05, 0) is 50.9 Å². The smallest absolute Gasteiger partial charge is 0.141 e. The first kappa shape index (κ1) is 15.4. The molecule has 5 heteroatoms. The van der Waals surface area contributed by atoms with Crippen molar-refractivity contribution in [3.05, 3.63) is 12.2 Å². The monoisotopic (exact) mass is 279 g/mol. The predicted octanol–water partition coefficient (Wildman–Crippen LogP) is 1.76. The lowest BCUT2D eigenvalue weighted by Crippen LogP contribution is -2.37. The lowest BCUT2D eigenvalue weighted by Gasteiger charge is -2.31. The lowest BCUT2D eigenvalue weighted by molar-refractivity contribution is 0.169. The second-order valence-electron chi connectivity index (χ2n) is 6.28. The molecule has 0 aliphatic carbocycles. The zero-order valence-electron chi connectivity index (χ0n) is 13.2. The minimum atomic E-state index is 0.612. The van der Waals surface area contributed by atoms with E-state index in [1.165, 1.54) is 32.5 Å². The maximum absolute atomic E-state index is 4.43. The van der Waals surface area contributed by atoms with Crippen LogP contribution in [0.25, 0.3) is 0 Å². The Balaban J connectivity index is 1.79. The number of hydrogen-bond donors (Lipinski definition) is 1. The molecular formula is C15H29N5. The normalized spacial score (nSPS) is 18.0. The van der Waals surface area contributed by atoms with Crippen molar-refractivity contribution in [1.29, 1.82) is 0 Å². The van der Waals surface area contributed by atoms with E-state index in [1.807, 2.05) is 0 Å². The van der Waals surface area contributed by atoms with Crippen molar-refractivity contribution in [3.8, 4) is 0 Å². The summed E-state index contributed by atoms with van der Waals surface area (Å²) in [5.74, 6) is 2.57. The van der Waals surface area contributed by atoms with Crippen LogP contribution in [0, 0.1) is 11.8 Å². The van der Waals surface area contributed by atoms with E-state index in [4.69, 9.17) is 0 Å².